The number of thioether (sulfide) groups is 1. The van der Waals surface area contributed by atoms with Crippen LogP contribution in [-0.2, 0) is 28.8 Å². The van der Waals surface area contributed by atoms with Crippen LogP contribution in [-0.4, -0.2) is 80.4 Å². The first-order valence-corrected chi connectivity index (χ1v) is 10.5. The highest BCUT2D eigenvalue weighted by Gasteiger charge is 2.55. The molecule has 2 aliphatic heterocycles. The molecule has 166 valence electrons. The highest BCUT2D eigenvalue weighted by atomic mass is 35.5. The molecule has 1 saturated heterocycles. The molecule has 5 N–H and O–H groups in total. The molecule has 1 aromatic heterocycles. The number of rotatable bonds is 8. The Kier molecular flexibility index (Phi) is 6.56. The van der Waals surface area contributed by atoms with Gasteiger partial charge >= 0.3 is 11.9 Å². The van der Waals surface area contributed by atoms with Gasteiger partial charge in [-0.3, -0.25) is 14.5 Å². The molecule has 2 atom stereocenters. The molecule has 0 bridgehead atoms. The summed E-state index contributed by atoms with van der Waals surface area (Å²) in [7, 11) is 1.30. The van der Waals surface area contributed by atoms with Gasteiger partial charge in [-0.25, -0.2) is 14.6 Å². The highest BCUT2D eigenvalue weighted by molar-refractivity contribution is 8.00. The van der Waals surface area contributed by atoms with Crippen LogP contribution in [0.4, 0.5) is 5.13 Å². The van der Waals surface area contributed by atoms with Crippen LogP contribution in [0.1, 0.15) is 5.69 Å². The number of hydrogen-bond donors (Lipinski definition) is 4. The predicted molar refractivity (Wildman–Crippen MR) is 108 cm³/mol. The van der Waals surface area contributed by atoms with Gasteiger partial charge < -0.3 is 30.8 Å². The number of aliphatic carboxylic acids is 2. The van der Waals surface area contributed by atoms with Crippen LogP contribution in [0.25, 0.3) is 0 Å². The van der Waals surface area contributed by atoms with E-state index in [0.717, 1.165) is 16.2 Å². The molecule has 1 aromatic rings. The average Bonchev–Trinajstić information content (AvgIpc) is 3.05. The van der Waals surface area contributed by atoms with Gasteiger partial charge in [0.25, 0.3) is 11.8 Å². The molecule has 0 saturated carbocycles. The van der Waals surface area contributed by atoms with Crippen molar-refractivity contribution in [3.05, 3.63) is 21.5 Å². The first kappa shape index (κ1) is 22.6. The molecule has 31 heavy (non-hydrogen) atoms. The van der Waals surface area contributed by atoms with Crippen molar-refractivity contribution in [2.45, 2.75) is 11.4 Å². The molecular formula is C15H14ClN5O8S2. The van der Waals surface area contributed by atoms with Crippen LogP contribution in [0.3, 0.4) is 0 Å². The molecule has 16 heteroatoms. The van der Waals surface area contributed by atoms with Crippen molar-refractivity contribution in [3.8, 4) is 0 Å². The fourth-order valence-corrected chi connectivity index (χ4v) is 5.00. The summed E-state index contributed by atoms with van der Waals surface area (Å²) in [5.41, 5.74) is 4.64. The molecule has 0 aliphatic carbocycles. The van der Waals surface area contributed by atoms with Crippen molar-refractivity contribution in [2.24, 2.45) is 5.16 Å². The summed E-state index contributed by atoms with van der Waals surface area (Å²) >= 11 is 8.06. The van der Waals surface area contributed by atoms with Gasteiger partial charge in [-0.1, -0.05) is 28.1 Å². The Morgan fingerprint density at radius 1 is 1.42 bits per heavy atom. The summed E-state index contributed by atoms with van der Waals surface area (Å²) in [4.78, 5) is 57.1. The number of carboxylic acid groups (broad SMARTS) is 2. The second-order valence-corrected chi connectivity index (χ2v) is 8.66. The molecule has 1 unspecified atom stereocenters. The lowest BCUT2D eigenvalue weighted by atomic mass is 10.0. The number of β-lactam (4-membered cyclic amide) rings is 1. The molecule has 0 spiro atoms. The fourth-order valence-electron chi connectivity index (χ4n) is 2.76. The van der Waals surface area contributed by atoms with Crippen LogP contribution in [0.5, 0.6) is 0 Å². The van der Waals surface area contributed by atoms with Gasteiger partial charge in [-0.05, 0) is 0 Å². The second kappa shape index (κ2) is 8.99. The van der Waals surface area contributed by atoms with Gasteiger partial charge in [0.05, 0.1) is 12.9 Å². The number of amides is 2. The zero-order valence-corrected chi connectivity index (χ0v) is 17.9. The minimum absolute atomic E-state index is 0.000220. The number of carbonyl (C=O) groups excluding carboxylic acids is 2. The quantitative estimate of drug-likeness (QED) is 0.208. The zero-order chi connectivity index (χ0) is 22.9. The van der Waals surface area contributed by atoms with Crippen molar-refractivity contribution in [1.82, 2.24) is 15.2 Å². The van der Waals surface area contributed by atoms with E-state index in [-0.39, 0.29) is 32.4 Å². The number of carboxylic acids is 2. The first-order valence-electron chi connectivity index (χ1n) is 8.25. The van der Waals surface area contributed by atoms with Crippen LogP contribution in [0, 0.1) is 0 Å². The van der Waals surface area contributed by atoms with Crippen LogP contribution in [0.2, 0.25) is 4.34 Å². The summed E-state index contributed by atoms with van der Waals surface area (Å²) in [5, 5.41) is 23.4. The van der Waals surface area contributed by atoms with E-state index in [9.17, 15) is 24.3 Å². The molecule has 0 aromatic carbocycles. The number of methoxy groups -OCH3 is 1. The van der Waals surface area contributed by atoms with E-state index in [1.807, 2.05) is 0 Å². The van der Waals surface area contributed by atoms with Gasteiger partial charge in [-0.2, -0.15) is 0 Å². The topological polar surface area (TPSA) is 194 Å². The Morgan fingerprint density at radius 3 is 2.68 bits per heavy atom. The van der Waals surface area contributed by atoms with Crippen molar-refractivity contribution in [3.63, 3.8) is 0 Å². The summed E-state index contributed by atoms with van der Waals surface area (Å²) in [5.74, 6) is -3.98. The van der Waals surface area contributed by atoms with E-state index in [1.54, 1.807) is 0 Å². The largest absolute Gasteiger partial charge is 0.498 e. The number of nitrogens with zero attached hydrogens (tertiary/aromatic N) is 3. The van der Waals surface area contributed by atoms with Crippen molar-refractivity contribution < 1.29 is 39.0 Å². The Bertz CT molecular complexity index is 1030. The number of anilines is 1. The number of oxime groups is 1. The minimum atomic E-state index is -1.34. The average molecular weight is 492 g/mol. The Morgan fingerprint density at radius 2 is 2.13 bits per heavy atom. The SMILES string of the molecule is COC1=C(C(=O)O)N2C(=O)C(NC(=O)C(=NOCC(=O)O)c3nc(N)sc3Cl)[C@@H]2SC1. The van der Waals surface area contributed by atoms with Crippen molar-refractivity contribution in [2.75, 3.05) is 25.2 Å². The number of fused-ring (bicyclic) bond motifs is 1. The summed E-state index contributed by atoms with van der Waals surface area (Å²) in [6.07, 6.45) is 0. The third-order valence-electron chi connectivity index (χ3n) is 4.05. The normalized spacial score (nSPS) is 20.6. The first-order chi connectivity index (χ1) is 14.6. The molecule has 0 radical (unpaired) electrons. The van der Waals surface area contributed by atoms with E-state index >= 15 is 0 Å². The third-order valence-corrected chi connectivity index (χ3v) is 6.39. The van der Waals surface area contributed by atoms with E-state index in [1.165, 1.54) is 18.9 Å². The van der Waals surface area contributed by atoms with Crippen molar-refractivity contribution >= 4 is 69.3 Å². The third kappa shape index (κ3) is 4.38. The smallest absolute Gasteiger partial charge is 0.356 e. The number of aromatic nitrogens is 1. The Labute approximate surface area is 186 Å². The van der Waals surface area contributed by atoms with Gasteiger partial charge in [0.15, 0.2) is 16.5 Å². The molecule has 2 aliphatic rings. The lowest BCUT2D eigenvalue weighted by molar-refractivity contribution is -0.150. The predicted octanol–water partition coefficient (Wildman–Crippen LogP) is -0.473. The number of nitrogens with two attached hydrogens (primary N) is 1. The van der Waals surface area contributed by atoms with E-state index < -0.39 is 47.5 Å². The molecular weight excluding hydrogens is 478 g/mol. The van der Waals surface area contributed by atoms with Crippen LogP contribution in [0.15, 0.2) is 16.6 Å². The number of nitrogen functional groups attached to an aromatic ring is 1. The van der Waals surface area contributed by atoms with Gasteiger partial charge in [0.2, 0.25) is 6.61 Å². The van der Waals surface area contributed by atoms with Crippen LogP contribution < -0.4 is 11.1 Å². The molecule has 3 rings (SSSR count). The Balaban J connectivity index is 1.82. The maximum Gasteiger partial charge on any atom is 0.356 e. The monoisotopic (exact) mass is 491 g/mol. The summed E-state index contributed by atoms with van der Waals surface area (Å²) < 4.78 is 5.04. The van der Waals surface area contributed by atoms with Gasteiger partial charge in [-0.15, -0.1) is 11.8 Å². The zero-order valence-electron chi connectivity index (χ0n) is 15.5. The van der Waals surface area contributed by atoms with E-state index in [4.69, 9.17) is 27.2 Å². The molecule has 3 heterocycles. The maximum absolute atomic E-state index is 12.8. The number of ether oxygens (including phenoxy) is 1. The van der Waals surface area contributed by atoms with E-state index in [2.05, 4.69) is 20.3 Å². The van der Waals surface area contributed by atoms with Gasteiger partial charge in [0, 0.05) is 0 Å². The molecule has 1 fully saturated rings. The number of carbonyl (C=O) groups is 4. The minimum Gasteiger partial charge on any atom is -0.498 e. The summed E-state index contributed by atoms with van der Waals surface area (Å²) in [6, 6.07) is -1.08. The lowest BCUT2D eigenvalue weighted by Gasteiger charge is -2.48. The number of hydrogen-bond acceptors (Lipinski definition) is 11. The molecule has 13 nitrogen and oxygen atoms in total. The fraction of sp³-hybridized carbons (Fsp3) is 0.333. The maximum atomic E-state index is 12.8. The number of nitrogens with one attached hydrogen (secondary N) is 1. The number of thiazole rings is 1. The number of halogens is 1. The van der Waals surface area contributed by atoms with Crippen molar-refractivity contribution in [1.29, 1.82) is 0 Å². The highest BCUT2D eigenvalue weighted by Crippen LogP contribution is 2.40. The van der Waals surface area contributed by atoms with E-state index in [0.29, 0.717) is 0 Å². The van der Waals surface area contributed by atoms with Crippen LogP contribution >= 0.6 is 34.7 Å². The lowest BCUT2D eigenvalue weighted by Crippen LogP contribution is -2.71. The second-order valence-electron chi connectivity index (χ2n) is 5.92. The molecule has 2 amide bonds. The van der Waals surface area contributed by atoms with Gasteiger partial charge in [0.1, 0.15) is 27.2 Å². The standard InChI is InChI=1S/C15H14ClN5O8S2/c1-28-4-3-30-13-8(12(25)21(13)9(4)14(26)27)18-11(24)7(20-29-2-5(22)23)6-10(16)31-15(17)19-6/h8,13H,2-3H2,1H3,(H2,17,19)(H,18,24)(H,22,23)(H,26,27)/t8?,13-/m0/s1. The summed E-state index contributed by atoms with van der Waals surface area (Å²) in [6.45, 7) is -0.838. The Hall–Kier alpha value is -3.04.